The molecule has 0 N–H and O–H groups in total. The average Bonchev–Trinajstić information content (AvgIpc) is 2.91. The van der Waals surface area contributed by atoms with Gasteiger partial charge in [-0.05, 0) is 35.9 Å². The van der Waals surface area contributed by atoms with E-state index in [1.807, 2.05) is 18.2 Å². The van der Waals surface area contributed by atoms with Gasteiger partial charge in [0.2, 0.25) is 0 Å². The molecule has 0 fully saturated rings. The van der Waals surface area contributed by atoms with E-state index in [-0.39, 0.29) is 5.78 Å². The van der Waals surface area contributed by atoms with Crippen LogP contribution < -0.4 is 9.47 Å². The lowest BCUT2D eigenvalue weighted by Gasteiger charge is -2.18. The molecule has 0 saturated carbocycles. The first kappa shape index (κ1) is 13.2. The van der Waals surface area contributed by atoms with Crippen LogP contribution in [0.5, 0.6) is 11.5 Å². The van der Waals surface area contributed by atoms with Crippen LogP contribution in [0.1, 0.15) is 15.2 Å². The SMILES string of the molecule is O=C(/C=C/c1ccc2c(c1)OCCO2)c1ccc(Cl)s1. The zero-order valence-electron chi connectivity index (χ0n) is 10.5. The maximum atomic E-state index is 11.9. The first-order chi connectivity index (χ1) is 9.72. The molecule has 1 aromatic heterocycles. The highest BCUT2D eigenvalue weighted by atomic mass is 35.5. The third-order valence-electron chi connectivity index (χ3n) is 2.81. The maximum absolute atomic E-state index is 11.9. The van der Waals surface area contributed by atoms with Crippen molar-refractivity contribution < 1.29 is 14.3 Å². The Hall–Kier alpha value is -1.78. The van der Waals surface area contributed by atoms with Crippen LogP contribution in [0.4, 0.5) is 0 Å². The fraction of sp³-hybridized carbons (Fsp3) is 0.133. The Balaban J connectivity index is 1.77. The second-order valence-corrected chi connectivity index (χ2v) is 5.92. The zero-order valence-corrected chi connectivity index (χ0v) is 12.0. The second-order valence-electron chi connectivity index (χ2n) is 4.20. The predicted molar refractivity (Wildman–Crippen MR) is 80.1 cm³/mol. The lowest BCUT2D eigenvalue weighted by atomic mass is 10.1. The molecule has 2 heterocycles. The van der Waals surface area contributed by atoms with Gasteiger partial charge in [0.05, 0.1) is 9.21 Å². The predicted octanol–water partition coefficient (Wildman–Crippen LogP) is 4.07. The molecule has 2 aromatic rings. The molecule has 5 heteroatoms. The van der Waals surface area contributed by atoms with Gasteiger partial charge in [-0.1, -0.05) is 23.7 Å². The van der Waals surface area contributed by atoms with Gasteiger partial charge >= 0.3 is 0 Å². The molecule has 3 rings (SSSR count). The van der Waals surface area contributed by atoms with E-state index in [9.17, 15) is 4.79 Å². The van der Waals surface area contributed by atoms with Crippen LogP contribution in [0.15, 0.2) is 36.4 Å². The van der Waals surface area contributed by atoms with Gasteiger partial charge in [-0.15, -0.1) is 11.3 Å². The topological polar surface area (TPSA) is 35.5 Å². The Morgan fingerprint density at radius 3 is 2.70 bits per heavy atom. The molecule has 0 saturated heterocycles. The molecule has 0 radical (unpaired) electrons. The summed E-state index contributed by atoms with van der Waals surface area (Å²) < 4.78 is 11.6. The summed E-state index contributed by atoms with van der Waals surface area (Å²) in [5.41, 5.74) is 0.894. The van der Waals surface area contributed by atoms with Crippen molar-refractivity contribution in [3.8, 4) is 11.5 Å². The van der Waals surface area contributed by atoms with Crippen molar-refractivity contribution in [2.24, 2.45) is 0 Å². The molecule has 0 amide bonds. The molecule has 1 aromatic carbocycles. The molecule has 0 aliphatic carbocycles. The van der Waals surface area contributed by atoms with Crippen LogP contribution in [0, 0.1) is 0 Å². The number of carbonyl (C=O) groups excluding carboxylic acids is 1. The van der Waals surface area contributed by atoms with Crippen molar-refractivity contribution in [3.05, 3.63) is 51.2 Å². The number of rotatable bonds is 3. The normalized spacial score (nSPS) is 13.7. The number of ketones is 1. The average molecular weight is 307 g/mol. The first-order valence-electron chi connectivity index (χ1n) is 6.10. The van der Waals surface area contributed by atoms with E-state index >= 15 is 0 Å². The van der Waals surface area contributed by atoms with E-state index in [1.165, 1.54) is 17.4 Å². The Morgan fingerprint density at radius 1 is 1.15 bits per heavy atom. The summed E-state index contributed by atoms with van der Waals surface area (Å²) in [6, 6.07) is 9.04. The lowest BCUT2D eigenvalue weighted by molar-refractivity contribution is 0.105. The largest absolute Gasteiger partial charge is 0.486 e. The number of ether oxygens (including phenoxy) is 2. The van der Waals surface area contributed by atoms with Gasteiger partial charge in [-0.2, -0.15) is 0 Å². The van der Waals surface area contributed by atoms with Crippen LogP contribution in [-0.2, 0) is 0 Å². The van der Waals surface area contributed by atoms with Crippen LogP contribution in [-0.4, -0.2) is 19.0 Å². The highest BCUT2D eigenvalue weighted by molar-refractivity contribution is 7.18. The van der Waals surface area contributed by atoms with Gasteiger partial charge in [0.1, 0.15) is 13.2 Å². The number of hydrogen-bond donors (Lipinski definition) is 0. The third-order valence-corrected chi connectivity index (χ3v) is 4.06. The van der Waals surface area contributed by atoms with Gasteiger partial charge < -0.3 is 9.47 Å². The quantitative estimate of drug-likeness (QED) is 0.633. The second kappa shape index (κ2) is 5.69. The molecular formula is C15H11ClO3S. The first-order valence-corrected chi connectivity index (χ1v) is 7.29. The summed E-state index contributed by atoms with van der Waals surface area (Å²) in [5, 5.41) is 0. The number of hydrogen-bond acceptors (Lipinski definition) is 4. The number of carbonyl (C=O) groups is 1. The summed E-state index contributed by atoms with van der Waals surface area (Å²) in [4.78, 5) is 12.6. The lowest BCUT2D eigenvalue weighted by Crippen LogP contribution is -2.15. The standard InChI is InChI=1S/C15H11ClO3S/c16-15-6-5-14(20-15)11(17)3-1-10-2-4-12-13(9-10)19-8-7-18-12/h1-6,9H,7-8H2/b3-1+. The van der Waals surface area contributed by atoms with Gasteiger partial charge in [0.15, 0.2) is 17.3 Å². The van der Waals surface area contributed by atoms with Crippen molar-refractivity contribution >= 4 is 34.8 Å². The van der Waals surface area contributed by atoms with Gasteiger partial charge in [-0.3, -0.25) is 4.79 Å². The summed E-state index contributed by atoms with van der Waals surface area (Å²) >= 11 is 7.09. The minimum absolute atomic E-state index is 0.0585. The number of allylic oxidation sites excluding steroid dienone is 1. The van der Waals surface area contributed by atoms with Gasteiger partial charge in [0, 0.05) is 0 Å². The van der Waals surface area contributed by atoms with Crippen molar-refractivity contribution in [1.82, 2.24) is 0 Å². The fourth-order valence-electron chi connectivity index (χ4n) is 1.86. The summed E-state index contributed by atoms with van der Waals surface area (Å²) in [6.07, 6.45) is 3.29. The molecule has 3 nitrogen and oxygen atoms in total. The Kier molecular flexibility index (Phi) is 3.76. The van der Waals surface area contributed by atoms with Crippen molar-refractivity contribution in [3.63, 3.8) is 0 Å². The van der Waals surface area contributed by atoms with Crippen molar-refractivity contribution in [1.29, 1.82) is 0 Å². The fourth-order valence-corrected chi connectivity index (χ4v) is 2.83. The molecule has 0 atom stereocenters. The molecular weight excluding hydrogens is 296 g/mol. The highest BCUT2D eigenvalue weighted by Crippen LogP contribution is 2.31. The Bertz CT molecular complexity index is 676. The van der Waals surface area contributed by atoms with Crippen molar-refractivity contribution in [2.75, 3.05) is 13.2 Å². The smallest absolute Gasteiger partial charge is 0.195 e. The van der Waals surface area contributed by atoms with E-state index in [2.05, 4.69) is 0 Å². The number of thiophene rings is 1. The van der Waals surface area contributed by atoms with Crippen LogP contribution in [0.2, 0.25) is 4.34 Å². The highest BCUT2D eigenvalue weighted by Gasteiger charge is 2.11. The number of halogens is 1. The Morgan fingerprint density at radius 2 is 1.95 bits per heavy atom. The summed E-state index contributed by atoms with van der Waals surface area (Å²) in [7, 11) is 0. The van der Waals surface area contributed by atoms with Gasteiger partial charge in [-0.25, -0.2) is 0 Å². The van der Waals surface area contributed by atoms with E-state index in [0.29, 0.717) is 28.2 Å². The van der Waals surface area contributed by atoms with E-state index in [1.54, 1.807) is 18.2 Å². The maximum Gasteiger partial charge on any atom is 0.195 e. The third kappa shape index (κ3) is 2.86. The molecule has 102 valence electrons. The molecule has 1 aliphatic heterocycles. The molecule has 20 heavy (non-hydrogen) atoms. The molecule has 0 spiro atoms. The van der Waals surface area contributed by atoms with Gasteiger partial charge in [0.25, 0.3) is 0 Å². The molecule has 0 bridgehead atoms. The van der Waals surface area contributed by atoms with Crippen LogP contribution >= 0.6 is 22.9 Å². The number of benzene rings is 1. The molecule has 0 unspecified atom stereocenters. The Labute approximate surface area is 125 Å². The summed E-state index contributed by atoms with van der Waals surface area (Å²) in [6.45, 7) is 1.12. The minimum atomic E-state index is -0.0585. The monoisotopic (exact) mass is 306 g/mol. The van der Waals surface area contributed by atoms with E-state index < -0.39 is 0 Å². The minimum Gasteiger partial charge on any atom is -0.486 e. The van der Waals surface area contributed by atoms with E-state index in [4.69, 9.17) is 21.1 Å². The zero-order chi connectivity index (χ0) is 13.9. The van der Waals surface area contributed by atoms with Crippen LogP contribution in [0.25, 0.3) is 6.08 Å². The summed E-state index contributed by atoms with van der Waals surface area (Å²) in [5.74, 6) is 1.39. The number of fused-ring (bicyclic) bond motifs is 1. The van der Waals surface area contributed by atoms with Crippen LogP contribution in [0.3, 0.4) is 0 Å². The van der Waals surface area contributed by atoms with E-state index in [0.717, 1.165) is 11.3 Å². The van der Waals surface area contributed by atoms with Crippen molar-refractivity contribution in [2.45, 2.75) is 0 Å². The molecule has 1 aliphatic rings.